The third-order valence-electron chi connectivity index (χ3n) is 4.70. The molecule has 5 nitrogen and oxygen atoms in total. The summed E-state index contributed by atoms with van der Waals surface area (Å²) in [7, 11) is -3.39. The van der Waals surface area contributed by atoms with Gasteiger partial charge in [-0.3, -0.25) is 4.79 Å². The molecule has 3 rings (SSSR count). The average Bonchev–Trinajstić information content (AvgIpc) is 3.00. The van der Waals surface area contributed by atoms with E-state index in [-0.39, 0.29) is 23.6 Å². The molecule has 1 aliphatic rings. The minimum atomic E-state index is -3.39. The predicted molar refractivity (Wildman–Crippen MR) is 116 cm³/mol. The summed E-state index contributed by atoms with van der Waals surface area (Å²) in [5.41, 5.74) is 1.12. The van der Waals surface area contributed by atoms with Crippen LogP contribution in [0.15, 0.2) is 39.4 Å². The van der Waals surface area contributed by atoms with E-state index < -0.39 is 15.8 Å². The van der Waals surface area contributed by atoms with Crippen molar-refractivity contribution in [2.75, 3.05) is 18.1 Å². The number of Topliss-reactive ketones (excluding diaryl/α,β-unsaturated/α-hetero) is 1. The summed E-state index contributed by atoms with van der Waals surface area (Å²) in [5, 5.41) is 0. The fourth-order valence-electron chi connectivity index (χ4n) is 3.41. The van der Waals surface area contributed by atoms with Crippen LogP contribution in [0.2, 0.25) is 0 Å². The molecule has 1 aromatic heterocycles. The lowest BCUT2D eigenvalue weighted by Gasteiger charge is -2.29. The van der Waals surface area contributed by atoms with Crippen molar-refractivity contribution >= 4 is 44.7 Å². The monoisotopic (exact) mass is 452 g/mol. The maximum Gasteiger partial charge on any atom is 0.348 e. The Kier molecular flexibility index (Phi) is 6.55. The number of fused-ring (bicyclic) bond motifs is 1. The molecular formula is C21H24O5S3. The van der Waals surface area contributed by atoms with Crippen LogP contribution in [0.3, 0.4) is 0 Å². The van der Waals surface area contributed by atoms with Crippen molar-refractivity contribution in [3.8, 4) is 0 Å². The first-order chi connectivity index (χ1) is 13.6. The predicted octanol–water partition coefficient (Wildman–Crippen LogP) is 4.65. The van der Waals surface area contributed by atoms with Crippen molar-refractivity contribution in [1.82, 2.24) is 0 Å². The number of benzene rings is 1. The Hall–Kier alpha value is -1.64. The summed E-state index contributed by atoms with van der Waals surface area (Å²) in [6.07, 6.45) is 1.04. The first-order valence-electron chi connectivity index (χ1n) is 9.41. The van der Waals surface area contributed by atoms with Gasteiger partial charge in [0.1, 0.15) is 4.88 Å². The van der Waals surface area contributed by atoms with Gasteiger partial charge in [-0.05, 0) is 36.5 Å². The van der Waals surface area contributed by atoms with Gasteiger partial charge in [0.2, 0.25) is 0 Å². The molecule has 1 heterocycles. The standard InChI is InChI=1S/C21H24O5S3/c1-4-26-19(23)18-15-12-21(2,3)13-16(22)17(15)20(28-18)27-10-11-29(24,25)14-8-6-5-7-9-14/h5-9H,4,10-13H2,1-3H3. The van der Waals surface area contributed by atoms with E-state index in [2.05, 4.69) is 0 Å². The van der Waals surface area contributed by atoms with E-state index in [4.69, 9.17) is 4.74 Å². The second-order valence-corrected chi connectivity index (χ2v) is 12.2. The highest BCUT2D eigenvalue weighted by Gasteiger charge is 2.38. The molecule has 1 aromatic carbocycles. The average molecular weight is 453 g/mol. The molecule has 0 spiro atoms. The van der Waals surface area contributed by atoms with Crippen LogP contribution in [0.25, 0.3) is 0 Å². The third kappa shape index (κ3) is 4.92. The second-order valence-electron chi connectivity index (χ2n) is 7.71. The summed E-state index contributed by atoms with van der Waals surface area (Å²) in [6.45, 7) is 6.04. The van der Waals surface area contributed by atoms with Crippen molar-refractivity contribution in [2.24, 2.45) is 5.41 Å². The molecule has 0 bridgehead atoms. The van der Waals surface area contributed by atoms with Crippen molar-refractivity contribution < 1.29 is 22.7 Å². The zero-order valence-corrected chi connectivity index (χ0v) is 19.1. The van der Waals surface area contributed by atoms with Gasteiger partial charge < -0.3 is 4.74 Å². The van der Waals surface area contributed by atoms with Gasteiger partial charge in [-0.25, -0.2) is 13.2 Å². The Balaban J connectivity index is 1.85. The number of sulfone groups is 1. The summed E-state index contributed by atoms with van der Waals surface area (Å²) in [4.78, 5) is 26.0. The molecule has 29 heavy (non-hydrogen) atoms. The van der Waals surface area contributed by atoms with Crippen molar-refractivity contribution in [2.45, 2.75) is 42.7 Å². The minimum absolute atomic E-state index is 0.0106. The van der Waals surface area contributed by atoms with Crippen molar-refractivity contribution in [3.05, 3.63) is 46.3 Å². The Labute approximate surface area is 179 Å². The van der Waals surface area contributed by atoms with Gasteiger partial charge in [-0.2, -0.15) is 0 Å². The normalized spacial score (nSPS) is 15.8. The number of ketones is 1. The van der Waals surface area contributed by atoms with Gasteiger partial charge in [0.15, 0.2) is 15.6 Å². The number of thioether (sulfide) groups is 1. The summed E-state index contributed by atoms with van der Waals surface area (Å²) in [6, 6.07) is 8.33. The van der Waals surface area contributed by atoms with Gasteiger partial charge in [-0.1, -0.05) is 32.0 Å². The molecule has 0 unspecified atom stereocenters. The lowest BCUT2D eigenvalue weighted by molar-refractivity contribution is 0.0530. The Morgan fingerprint density at radius 2 is 1.90 bits per heavy atom. The van der Waals surface area contributed by atoms with Gasteiger partial charge in [-0.15, -0.1) is 23.1 Å². The Bertz CT molecular complexity index is 1020. The van der Waals surface area contributed by atoms with Crippen LogP contribution in [-0.2, 0) is 21.0 Å². The second kappa shape index (κ2) is 8.62. The van der Waals surface area contributed by atoms with Crippen LogP contribution in [0.5, 0.6) is 0 Å². The fourth-order valence-corrected chi connectivity index (χ4v) is 7.69. The quantitative estimate of drug-likeness (QED) is 0.450. The van der Waals surface area contributed by atoms with E-state index in [9.17, 15) is 18.0 Å². The third-order valence-corrected chi connectivity index (χ3v) is 9.17. The number of ether oxygens (including phenoxy) is 1. The number of thiophene rings is 1. The van der Waals surface area contributed by atoms with E-state index in [1.54, 1.807) is 37.3 Å². The minimum Gasteiger partial charge on any atom is -0.462 e. The number of esters is 1. The van der Waals surface area contributed by atoms with E-state index in [1.165, 1.54) is 23.1 Å². The van der Waals surface area contributed by atoms with Gasteiger partial charge >= 0.3 is 5.97 Å². The highest BCUT2D eigenvalue weighted by atomic mass is 32.2. The molecule has 0 saturated carbocycles. The molecule has 2 aromatic rings. The molecule has 0 radical (unpaired) electrons. The number of hydrogen-bond acceptors (Lipinski definition) is 7. The lowest BCUT2D eigenvalue weighted by atomic mass is 9.74. The smallest absolute Gasteiger partial charge is 0.348 e. The Morgan fingerprint density at radius 3 is 2.55 bits per heavy atom. The first kappa shape index (κ1) is 22.1. The molecule has 0 fully saturated rings. The Morgan fingerprint density at radius 1 is 1.21 bits per heavy atom. The molecule has 0 aliphatic heterocycles. The van der Waals surface area contributed by atoms with Crippen LogP contribution < -0.4 is 0 Å². The zero-order chi connectivity index (χ0) is 21.2. The highest BCUT2D eigenvalue weighted by Crippen LogP contribution is 2.45. The molecular weight excluding hydrogens is 428 g/mol. The van der Waals surface area contributed by atoms with E-state index in [0.29, 0.717) is 38.1 Å². The van der Waals surface area contributed by atoms with Gasteiger partial charge in [0.25, 0.3) is 0 Å². The van der Waals surface area contributed by atoms with Crippen LogP contribution in [-0.4, -0.2) is 38.3 Å². The van der Waals surface area contributed by atoms with Gasteiger partial charge in [0, 0.05) is 17.7 Å². The highest BCUT2D eigenvalue weighted by molar-refractivity contribution is 8.02. The summed E-state index contributed by atoms with van der Waals surface area (Å²) < 4.78 is 30.9. The van der Waals surface area contributed by atoms with E-state index in [0.717, 1.165) is 5.56 Å². The maximum atomic E-state index is 12.8. The largest absolute Gasteiger partial charge is 0.462 e. The molecule has 156 valence electrons. The van der Waals surface area contributed by atoms with Gasteiger partial charge in [0.05, 0.1) is 21.5 Å². The van der Waals surface area contributed by atoms with Crippen LogP contribution >= 0.6 is 23.1 Å². The summed E-state index contributed by atoms with van der Waals surface area (Å²) >= 11 is 2.57. The first-order valence-corrected chi connectivity index (χ1v) is 12.9. The van der Waals surface area contributed by atoms with Crippen molar-refractivity contribution in [1.29, 1.82) is 0 Å². The van der Waals surface area contributed by atoms with Crippen LogP contribution in [0, 0.1) is 5.41 Å². The van der Waals surface area contributed by atoms with E-state index in [1.807, 2.05) is 13.8 Å². The number of carbonyl (C=O) groups excluding carboxylic acids is 2. The molecule has 0 amide bonds. The van der Waals surface area contributed by atoms with Crippen LogP contribution in [0.1, 0.15) is 52.8 Å². The molecule has 8 heteroatoms. The van der Waals surface area contributed by atoms with Crippen molar-refractivity contribution in [3.63, 3.8) is 0 Å². The number of hydrogen-bond donors (Lipinski definition) is 0. The zero-order valence-electron chi connectivity index (χ0n) is 16.7. The molecule has 1 aliphatic carbocycles. The number of carbonyl (C=O) groups is 2. The summed E-state index contributed by atoms with van der Waals surface area (Å²) in [5.74, 6) is -0.134. The number of rotatable bonds is 7. The van der Waals surface area contributed by atoms with Crippen LogP contribution in [0.4, 0.5) is 0 Å². The lowest BCUT2D eigenvalue weighted by Crippen LogP contribution is -2.27. The molecule has 0 atom stereocenters. The van der Waals surface area contributed by atoms with E-state index >= 15 is 0 Å². The molecule has 0 saturated heterocycles. The molecule has 0 N–H and O–H groups in total. The maximum absolute atomic E-state index is 12.8. The fraction of sp³-hybridized carbons (Fsp3) is 0.429. The topological polar surface area (TPSA) is 77.5 Å². The SMILES string of the molecule is CCOC(=O)c1sc(SCCS(=O)(=O)c2ccccc2)c2c1CC(C)(C)CC2=O.